The molecule has 4 heteroatoms. The molecular weight excluding hydrogens is 320 g/mol. The zero-order chi connectivity index (χ0) is 16.2. The summed E-state index contributed by atoms with van der Waals surface area (Å²) in [7, 11) is 0. The Labute approximate surface area is 148 Å². The van der Waals surface area contributed by atoms with E-state index in [2.05, 4.69) is 48.2 Å². The molecule has 1 saturated heterocycles. The zero-order valence-electron chi connectivity index (χ0n) is 13.3. The summed E-state index contributed by atoms with van der Waals surface area (Å²) in [5, 5.41) is 0.509. The third-order valence-corrected chi connectivity index (χ3v) is 5.99. The van der Waals surface area contributed by atoms with Gasteiger partial charge in [0.05, 0.1) is 4.99 Å². The number of rotatable bonds is 4. The maximum atomic E-state index is 6.07. The highest BCUT2D eigenvalue weighted by Gasteiger charge is 2.29. The third-order valence-electron chi connectivity index (χ3n) is 4.27. The van der Waals surface area contributed by atoms with Crippen molar-refractivity contribution < 1.29 is 0 Å². The molecule has 0 bridgehead atoms. The summed E-state index contributed by atoms with van der Waals surface area (Å²) in [6.07, 6.45) is 2.08. The van der Waals surface area contributed by atoms with Gasteiger partial charge < -0.3 is 10.6 Å². The van der Waals surface area contributed by atoms with Crippen molar-refractivity contribution in [3.05, 3.63) is 60.2 Å². The molecule has 2 atom stereocenters. The van der Waals surface area contributed by atoms with Crippen LogP contribution >= 0.6 is 24.0 Å². The SMILES string of the molecule is CC1CC(Sc2ccccc2N)CC(=S)N1Cc1ccccc1. The van der Waals surface area contributed by atoms with Gasteiger partial charge in [-0.1, -0.05) is 54.7 Å². The largest absolute Gasteiger partial charge is 0.398 e. The Morgan fingerprint density at radius 3 is 2.52 bits per heavy atom. The van der Waals surface area contributed by atoms with Gasteiger partial charge in [0.15, 0.2) is 0 Å². The van der Waals surface area contributed by atoms with Crippen molar-refractivity contribution in [1.29, 1.82) is 0 Å². The predicted octanol–water partition coefficient (Wildman–Crippen LogP) is 4.74. The first-order valence-electron chi connectivity index (χ1n) is 7.98. The summed E-state index contributed by atoms with van der Waals surface area (Å²) in [6, 6.07) is 19.1. The third kappa shape index (κ3) is 4.06. The van der Waals surface area contributed by atoms with E-state index in [0.717, 1.165) is 30.1 Å². The molecule has 2 N–H and O–H groups in total. The van der Waals surface area contributed by atoms with Gasteiger partial charge in [-0.05, 0) is 31.0 Å². The Morgan fingerprint density at radius 1 is 1.13 bits per heavy atom. The van der Waals surface area contributed by atoms with Crippen molar-refractivity contribution >= 4 is 34.7 Å². The van der Waals surface area contributed by atoms with Gasteiger partial charge in [-0.15, -0.1) is 11.8 Å². The Kier molecular flexibility index (Phi) is 5.23. The van der Waals surface area contributed by atoms with E-state index in [1.165, 1.54) is 10.5 Å². The van der Waals surface area contributed by atoms with Gasteiger partial charge in [0.2, 0.25) is 0 Å². The predicted molar refractivity (Wildman–Crippen MR) is 104 cm³/mol. The number of likely N-dealkylation sites (tertiary alicyclic amines) is 1. The van der Waals surface area contributed by atoms with E-state index in [-0.39, 0.29) is 0 Å². The smallest absolute Gasteiger partial charge is 0.0795 e. The lowest BCUT2D eigenvalue weighted by atomic mass is 10.0. The summed E-state index contributed by atoms with van der Waals surface area (Å²) in [6.45, 7) is 3.18. The number of nitrogen functional groups attached to an aromatic ring is 1. The van der Waals surface area contributed by atoms with Crippen molar-refractivity contribution in [1.82, 2.24) is 4.90 Å². The van der Waals surface area contributed by atoms with Crippen LogP contribution in [0.3, 0.4) is 0 Å². The fourth-order valence-electron chi connectivity index (χ4n) is 3.03. The van der Waals surface area contributed by atoms with Crippen LogP contribution in [0.2, 0.25) is 0 Å². The van der Waals surface area contributed by atoms with Crippen LogP contribution in [-0.2, 0) is 6.54 Å². The Balaban J connectivity index is 1.65. The fourth-order valence-corrected chi connectivity index (χ4v) is 4.92. The standard InChI is InChI=1S/C19H22N2S2/c1-14-11-16(23-18-10-6-5-9-17(18)20)12-19(22)21(14)13-15-7-3-2-4-8-15/h2-10,14,16H,11-13,20H2,1H3. The van der Waals surface area contributed by atoms with E-state index in [1.54, 1.807) is 0 Å². The number of thioether (sulfide) groups is 1. The van der Waals surface area contributed by atoms with Gasteiger partial charge in [0.25, 0.3) is 0 Å². The van der Waals surface area contributed by atoms with Gasteiger partial charge in [-0.2, -0.15) is 0 Å². The molecule has 2 nitrogen and oxygen atoms in total. The molecule has 2 unspecified atom stereocenters. The van der Waals surface area contributed by atoms with Crippen LogP contribution in [0.25, 0.3) is 0 Å². The lowest BCUT2D eigenvalue weighted by Crippen LogP contribution is -2.44. The molecule has 1 fully saturated rings. The van der Waals surface area contributed by atoms with E-state index in [0.29, 0.717) is 11.3 Å². The Morgan fingerprint density at radius 2 is 1.83 bits per heavy atom. The van der Waals surface area contributed by atoms with Gasteiger partial charge in [-0.25, -0.2) is 0 Å². The summed E-state index contributed by atoms with van der Waals surface area (Å²) in [5.74, 6) is 0. The van der Waals surface area contributed by atoms with E-state index in [9.17, 15) is 0 Å². The van der Waals surface area contributed by atoms with Gasteiger partial charge >= 0.3 is 0 Å². The molecule has 0 amide bonds. The fraction of sp³-hybridized carbons (Fsp3) is 0.316. The quantitative estimate of drug-likeness (QED) is 0.642. The molecule has 0 aromatic heterocycles. The zero-order valence-corrected chi connectivity index (χ0v) is 14.9. The molecular formula is C19H22N2S2. The molecule has 0 saturated carbocycles. The topological polar surface area (TPSA) is 29.3 Å². The Hall–Kier alpha value is -1.52. The number of piperidine rings is 1. The lowest BCUT2D eigenvalue weighted by Gasteiger charge is -2.39. The molecule has 2 aromatic rings. The monoisotopic (exact) mass is 342 g/mol. The summed E-state index contributed by atoms with van der Waals surface area (Å²) >= 11 is 7.58. The van der Waals surface area contributed by atoms with Crippen molar-refractivity contribution in [2.45, 2.75) is 42.5 Å². The highest BCUT2D eigenvalue weighted by Crippen LogP contribution is 2.36. The summed E-state index contributed by atoms with van der Waals surface area (Å²) < 4.78 is 0. The number of hydrogen-bond acceptors (Lipinski definition) is 3. The minimum absolute atomic E-state index is 0.457. The molecule has 23 heavy (non-hydrogen) atoms. The van der Waals surface area contributed by atoms with Crippen LogP contribution < -0.4 is 5.73 Å². The van der Waals surface area contributed by atoms with Crippen LogP contribution in [0.15, 0.2) is 59.5 Å². The van der Waals surface area contributed by atoms with Crippen LogP contribution in [0.1, 0.15) is 25.3 Å². The van der Waals surface area contributed by atoms with Gasteiger partial charge in [0, 0.05) is 34.8 Å². The lowest BCUT2D eigenvalue weighted by molar-refractivity contribution is 0.284. The maximum absolute atomic E-state index is 6.07. The number of anilines is 1. The number of nitrogens with zero attached hydrogens (tertiary/aromatic N) is 1. The minimum Gasteiger partial charge on any atom is -0.398 e. The van der Waals surface area contributed by atoms with E-state index < -0.39 is 0 Å². The highest BCUT2D eigenvalue weighted by molar-refractivity contribution is 8.00. The molecule has 1 aliphatic heterocycles. The molecule has 0 spiro atoms. The summed E-state index contributed by atoms with van der Waals surface area (Å²) in [5.41, 5.74) is 8.26. The van der Waals surface area contributed by atoms with Crippen molar-refractivity contribution in [2.75, 3.05) is 5.73 Å². The molecule has 120 valence electrons. The minimum atomic E-state index is 0.457. The van der Waals surface area contributed by atoms with Gasteiger partial charge in [0.1, 0.15) is 0 Å². The summed E-state index contributed by atoms with van der Waals surface area (Å²) in [4.78, 5) is 4.61. The highest BCUT2D eigenvalue weighted by atomic mass is 32.2. The van der Waals surface area contributed by atoms with Crippen molar-refractivity contribution in [3.63, 3.8) is 0 Å². The Bertz CT molecular complexity index is 672. The molecule has 0 aliphatic carbocycles. The second kappa shape index (κ2) is 7.37. The molecule has 1 aliphatic rings. The number of thiocarbonyl (C=S) groups is 1. The van der Waals surface area contributed by atoms with Crippen LogP contribution in [-0.4, -0.2) is 21.2 Å². The molecule has 3 rings (SSSR count). The van der Waals surface area contributed by atoms with Crippen LogP contribution in [0.5, 0.6) is 0 Å². The first-order valence-corrected chi connectivity index (χ1v) is 9.27. The maximum Gasteiger partial charge on any atom is 0.0795 e. The second-order valence-corrected chi connectivity index (χ2v) is 7.89. The van der Waals surface area contributed by atoms with Crippen LogP contribution in [0.4, 0.5) is 5.69 Å². The number of benzene rings is 2. The molecule has 1 heterocycles. The van der Waals surface area contributed by atoms with Gasteiger partial charge in [-0.3, -0.25) is 0 Å². The van der Waals surface area contributed by atoms with E-state index in [1.807, 2.05) is 30.0 Å². The number of hydrogen-bond donors (Lipinski definition) is 1. The molecule has 0 radical (unpaired) electrons. The number of nitrogens with two attached hydrogens (primary N) is 1. The van der Waals surface area contributed by atoms with Crippen molar-refractivity contribution in [3.8, 4) is 0 Å². The van der Waals surface area contributed by atoms with Crippen molar-refractivity contribution in [2.24, 2.45) is 0 Å². The van der Waals surface area contributed by atoms with E-state index >= 15 is 0 Å². The van der Waals surface area contributed by atoms with E-state index in [4.69, 9.17) is 18.0 Å². The van der Waals surface area contributed by atoms with Crippen LogP contribution in [0, 0.1) is 0 Å². The first-order chi connectivity index (χ1) is 11.1. The normalized spacial score (nSPS) is 21.4. The average molecular weight is 343 g/mol. The molecule has 2 aromatic carbocycles. The average Bonchev–Trinajstić information content (AvgIpc) is 2.54. The second-order valence-electron chi connectivity index (χ2n) is 6.07. The first kappa shape index (κ1) is 16.3. The number of para-hydroxylation sites is 1.